The summed E-state index contributed by atoms with van der Waals surface area (Å²) >= 11 is 0. The summed E-state index contributed by atoms with van der Waals surface area (Å²) in [6.45, 7) is 8.79. The van der Waals surface area contributed by atoms with Crippen LogP contribution in [0.25, 0.3) is 0 Å². The molecule has 4 heteroatoms. The normalized spacial score (nSPS) is 13.2. The van der Waals surface area contributed by atoms with Crippen LogP contribution in [0.2, 0.25) is 0 Å². The van der Waals surface area contributed by atoms with E-state index in [1.807, 2.05) is 0 Å². The van der Waals surface area contributed by atoms with Gasteiger partial charge in [0.2, 0.25) is 0 Å². The second-order valence-electron chi connectivity index (χ2n) is 5.11. The molecule has 0 fully saturated rings. The van der Waals surface area contributed by atoms with Gasteiger partial charge in [0.05, 0.1) is 0 Å². The van der Waals surface area contributed by atoms with Crippen LogP contribution >= 0.6 is 0 Å². The molecule has 1 aromatic heterocycles. The fourth-order valence-electron chi connectivity index (χ4n) is 1.43. The Balaban J connectivity index is 2.97. The van der Waals surface area contributed by atoms with Gasteiger partial charge in [-0.2, -0.15) is 0 Å². The number of rotatable bonds is 2. The molecule has 0 spiro atoms. The van der Waals surface area contributed by atoms with Crippen LogP contribution in [0.15, 0.2) is 23.1 Å². The number of hydrogen-bond donors (Lipinski definition) is 0. The number of carbonyl (C=O) groups is 1. The molecule has 0 aliphatic carbocycles. The third-order valence-corrected chi connectivity index (χ3v) is 2.33. The van der Waals surface area contributed by atoms with Crippen LogP contribution < -0.4 is 5.56 Å². The number of carbonyl (C=O) groups excluding carboxylic acids is 1. The maximum Gasteiger partial charge on any atom is 0.329 e. The molecule has 1 heterocycles. The average Bonchev–Trinajstić information content (AvgIpc) is 2.18. The van der Waals surface area contributed by atoms with Gasteiger partial charge in [-0.3, -0.25) is 4.79 Å². The van der Waals surface area contributed by atoms with Gasteiger partial charge in [-0.05, 0) is 40.7 Å². The van der Waals surface area contributed by atoms with Gasteiger partial charge in [0.1, 0.15) is 11.6 Å². The minimum Gasteiger partial charge on any atom is -0.458 e. The van der Waals surface area contributed by atoms with E-state index in [2.05, 4.69) is 0 Å². The molecule has 0 aromatic carbocycles. The Hall–Kier alpha value is -1.58. The Morgan fingerprint density at radius 1 is 1.41 bits per heavy atom. The third-order valence-electron chi connectivity index (χ3n) is 2.33. The molecule has 1 atom stereocenters. The zero-order chi connectivity index (χ0) is 13.2. The Bertz CT molecular complexity index is 468. The van der Waals surface area contributed by atoms with E-state index in [4.69, 9.17) is 4.74 Å². The minimum atomic E-state index is -0.610. The van der Waals surface area contributed by atoms with E-state index in [1.54, 1.807) is 52.9 Å². The number of pyridine rings is 1. The van der Waals surface area contributed by atoms with Crippen LogP contribution in [-0.2, 0) is 9.53 Å². The van der Waals surface area contributed by atoms with Crippen molar-refractivity contribution in [2.24, 2.45) is 0 Å². The molecule has 17 heavy (non-hydrogen) atoms. The van der Waals surface area contributed by atoms with E-state index in [0.29, 0.717) is 5.56 Å². The SMILES string of the molecule is Cc1cccn(C(C)C(=O)OC(C)(C)C)c1=O. The summed E-state index contributed by atoms with van der Waals surface area (Å²) < 4.78 is 6.64. The summed E-state index contributed by atoms with van der Waals surface area (Å²) in [5, 5.41) is 0. The largest absolute Gasteiger partial charge is 0.458 e. The lowest BCUT2D eigenvalue weighted by Gasteiger charge is -2.23. The minimum absolute atomic E-state index is 0.161. The molecule has 94 valence electrons. The molecule has 0 saturated heterocycles. The number of ether oxygens (including phenoxy) is 1. The maximum atomic E-state index is 11.8. The molecule has 0 aliphatic heterocycles. The first-order valence-corrected chi connectivity index (χ1v) is 5.63. The van der Waals surface area contributed by atoms with Crippen molar-refractivity contribution in [3.05, 3.63) is 34.2 Å². The van der Waals surface area contributed by atoms with E-state index in [1.165, 1.54) is 4.57 Å². The lowest BCUT2D eigenvalue weighted by molar-refractivity contribution is -0.158. The van der Waals surface area contributed by atoms with E-state index in [0.717, 1.165) is 0 Å². The van der Waals surface area contributed by atoms with E-state index >= 15 is 0 Å². The topological polar surface area (TPSA) is 48.3 Å². The van der Waals surface area contributed by atoms with Crippen LogP contribution in [0.4, 0.5) is 0 Å². The number of esters is 1. The smallest absolute Gasteiger partial charge is 0.329 e. The molecule has 0 N–H and O–H groups in total. The Morgan fingerprint density at radius 2 is 2.00 bits per heavy atom. The van der Waals surface area contributed by atoms with Crippen molar-refractivity contribution >= 4 is 5.97 Å². The quantitative estimate of drug-likeness (QED) is 0.740. The standard InChI is InChI=1S/C13H19NO3/c1-9-7-6-8-14(11(9)15)10(2)12(16)17-13(3,4)5/h6-8,10H,1-5H3. The first kappa shape index (κ1) is 13.5. The lowest BCUT2D eigenvalue weighted by Crippen LogP contribution is -2.33. The van der Waals surface area contributed by atoms with Gasteiger partial charge < -0.3 is 9.30 Å². The van der Waals surface area contributed by atoms with Gasteiger partial charge in [0.15, 0.2) is 0 Å². The van der Waals surface area contributed by atoms with Crippen molar-refractivity contribution in [2.45, 2.75) is 46.3 Å². The van der Waals surface area contributed by atoms with Gasteiger partial charge >= 0.3 is 5.97 Å². The fourth-order valence-corrected chi connectivity index (χ4v) is 1.43. The highest BCUT2D eigenvalue weighted by atomic mass is 16.6. The van der Waals surface area contributed by atoms with Crippen LogP contribution in [-0.4, -0.2) is 16.1 Å². The first-order chi connectivity index (χ1) is 7.72. The average molecular weight is 237 g/mol. The van der Waals surface area contributed by atoms with Crippen molar-refractivity contribution in [3.8, 4) is 0 Å². The zero-order valence-electron chi connectivity index (χ0n) is 11.0. The summed E-state index contributed by atoms with van der Waals surface area (Å²) in [6, 6.07) is 2.86. The van der Waals surface area contributed by atoms with E-state index in [-0.39, 0.29) is 5.56 Å². The first-order valence-electron chi connectivity index (χ1n) is 5.63. The zero-order valence-corrected chi connectivity index (χ0v) is 11.0. The fraction of sp³-hybridized carbons (Fsp3) is 0.538. The van der Waals surface area contributed by atoms with E-state index in [9.17, 15) is 9.59 Å². The highest BCUT2D eigenvalue weighted by Gasteiger charge is 2.23. The molecule has 0 saturated carbocycles. The van der Waals surface area contributed by atoms with Gasteiger partial charge in [-0.25, -0.2) is 4.79 Å². The highest BCUT2D eigenvalue weighted by Crippen LogP contribution is 2.13. The van der Waals surface area contributed by atoms with Crippen LogP contribution in [0.3, 0.4) is 0 Å². The molecule has 0 aliphatic rings. The second-order valence-corrected chi connectivity index (χ2v) is 5.11. The molecule has 0 radical (unpaired) electrons. The highest BCUT2D eigenvalue weighted by molar-refractivity contribution is 5.74. The molecule has 1 rings (SSSR count). The summed E-state index contributed by atoms with van der Waals surface area (Å²) in [6.07, 6.45) is 1.60. The van der Waals surface area contributed by atoms with Crippen LogP contribution in [0.5, 0.6) is 0 Å². The second kappa shape index (κ2) is 4.73. The molecular weight excluding hydrogens is 218 g/mol. The van der Waals surface area contributed by atoms with Crippen LogP contribution in [0, 0.1) is 6.92 Å². The summed E-state index contributed by atoms with van der Waals surface area (Å²) in [7, 11) is 0. The Kier molecular flexibility index (Phi) is 3.76. The molecule has 1 aromatic rings. The van der Waals surface area contributed by atoms with Gasteiger partial charge in [0, 0.05) is 11.8 Å². The predicted octanol–water partition coefficient (Wildman–Crippen LogP) is 2.06. The van der Waals surface area contributed by atoms with Gasteiger partial charge in [0.25, 0.3) is 5.56 Å². The van der Waals surface area contributed by atoms with Crippen molar-refractivity contribution in [1.82, 2.24) is 4.57 Å². The van der Waals surface area contributed by atoms with Crippen molar-refractivity contribution in [2.75, 3.05) is 0 Å². The maximum absolute atomic E-state index is 11.8. The molecule has 0 amide bonds. The number of aromatic nitrogens is 1. The summed E-state index contributed by atoms with van der Waals surface area (Å²) in [5.74, 6) is -0.398. The lowest BCUT2D eigenvalue weighted by atomic mass is 10.2. The molecule has 1 unspecified atom stereocenters. The van der Waals surface area contributed by atoms with Gasteiger partial charge in [-0.1, -0.05) is 6.07 Å². The Labute approximate surface area is 101 Å². The number of aryl methyl sites for hydroxylation is 1. The molecule has 0 bridgehead atoms. The van der Waals surface area contributed by atoms with Crippen LogP contribution in [0.1, 0.15) is 39.3 Å². The predicted molar refractivity (Wildman–Crippen MR) is 66.0 cm³/mol. The third kappa shape index (κ3) is 3.44. The summed E-state index contributed by atoms with van der Waals surface area (Å²) in [5.41, 5.74) is -0.0903. The number of hydrogen-bond acceptors (Lipinski definition) is 3. The van der Waals surface area contributed by atoms with Crippen molar-refractivity contribution in [3.63, 3.8) is 0 Å². The van der Waals surface area contributed by atoms with Crippen molar-refractivity contribution < 1.29 is 9.53 Å². The molecule has 4 nitrogen and oxygen atoms in total. The monoisotopic (exact) mass is 237 g/mol. The number of nitrogens with zero attached hydrogens (tertiary/aromatic N) is 1. The van der Waals surface area contributed by atoms with Crippen molar-refractivity contribution in [1.29, 1.82) is 0 Å². The van der Waals surface area contributed by atoms with E-state index < -0.39 is 17.6 Å². The van der Waals surface area contributed by atoms with Gasteiger partial charge in [-0.15, -0.1) is 0 Å². The summed E-state index contributed by atoms with van der Waals surface area (Å²) in [4.78, 5) is 23.7. The molecular formula is C13H19NO3. The Morgan fingerprint density at radius 3 is 2.53 bits per heavy atom.